The molecule has 0 saturated heterocycles. The summed E-state index contributed by atoms with van der Waals surface area (Å²) >= 11 is 0. The van der Waals surface area contributed by atoms with Crippen LogP contribution in [0.4, 0.5) is 5.69 Å². The van der Waals surface area contributed by atoms with E-state index in [1.165, 1.54) is 12.8 Å². The van der Waals surface area contributed by atoms with Crippen molar-refractivity contribution in [1.29, 1.82) is 0 Å². The second-order valence-corrected chi connectivity index (χ2v) is 5.24. The van der Waals surface area contributed by atoms with Gasteiger partial charge in [0.2, 0.25) is 5.91 Å². The van der Waals surface area contributed by atoms with Gasteiger partial charge in [0.25, 0.3) is 0 Å². The lowest BCUT2D eigenvalue weighted by atomic mass is 10.00. The van der Waals surface area contributed by atoms with Gasteiger partial charge in [0.15, 0.2) is 0 Å². The van der Waals surface area contributed by atoms with Crippen LogP contribution in [0.2, 0.25) is 0 Å². The third kappa shape index (κ3) is 3.28. The highest BCUT2D eigenvalue weighted by Gasteiger charge is 2.24. The van der Waals surface area contributed by atoms with Crippen molar-refractivity contribution in [2.24, 2.45) is 0 Å². The summed E-state index contributed by atoms with van der Waals surface area (Å²) in [5, 5.41) is 9.99. The molecule has 1 amide bonds. The molecule has 0 aromatic heterocycles. The fourth-order valence-corrected chi connectivity index (χ4v) is 2.72. The molecule has 0 unspecified atom stereocenters. The van der Waals surface area contributed by atoms with Crippen LogP contribution in [0.1, 0.15) is 51.0 Å². The van der Waals surface area contributed by atoms with Crippen molar-refractivity contribution < 1.29 is 9.90 Å². The smallest absolute Gasteiger partial charge is 0.227 e. The van der Waals surface area contributed by atoms with Crippen LogP contribution >= 0.6 is 0 Å². The fourth-order valence-electron chi connectivity index (χ4n) is 2.72. The van der Waals surface area contributed by atoms with Crippen molar-refractivity contribution in [3.8, 4) is 5.75 Å². The third-order valence-electron chi connectivity index (χ3n) is 3.74. The maximum absolute atomic E-state index is 12.3. The van der Waals surface area contributed by atoms with Gasteiger partial charge in [-0.3, -0.25) is 4.79 Å². The number of carbonyl (C=O) groups excluding carboxylic acids is 1. The molecule has 104 valence electrons. The number of para-hydroxylation sites is 1. The van der Waals surface area contributed by atoms with Gasteiger partial charge >= 0.3 is 0 Å². The lowest BCUT2D eigenvalue weighted by Crippen LogP contribution is -2.35. The Bertz CT molecular complexity index is 442. The molecule has 1 aliphatic rings. The number of anilines is 1. The lowest BCUT2D eigenvalue weighted by Gasteiger charge is -2.30. The maximum Gasteiger partial charge on any atom is 0.227 e. The molecule has 0 saturated carbocycles. The number of hydrogen-bond acceptors (Lipinski definition) is 2. The van der Waals surface area contributed by atoms with Crippen molar-refractivity contribution in [2.45, 2.75) is 51.9 Å². The normalized spacial score (nSPS) is 14.3. The van der Waals surface area contributed by atoms with Crippen LogP contribution in [-0.2, 0) is 11.2 Å². The van der Waals surface area contributed by atoms with E-state index in [1.54, 1.807) is 11.0 Å². The number of nitrogens with zero attached hydrogens (tertiary/aromatic N) is 1. The Morgan fingerprint density at radius 2 is 2.16 bits per heavy atom. The zero-order valence-electron chi connectivity index (χ0n) is 11.7. The second kappa shape index (κ2) is 6.60. The van der Waals surface area contributed by atoms with Crippen LogP contribution in [0, 0.1) is 0 Å². The molecule has 0 aliphatic carbocycles. The van der Waals surface area contributed by atoms with Gasteiger partial charge in [-0.2, -0.15) is 0 Å². The summed E-state index contributed by atoms with van der Waals surface area (Å²) in [5.74, 6) is 0.387. The van der Waals surface area contributed by atoms with Crippen molar-refractivity contribution in [3.05, 3.63) is 23.8 Å². The minimum Gasteiger partial charge on any atom is -0.506 e. The highest BCUT2D eigenvalue weighted by molar-refractivity contribution is 5.96. The van der Waals surface area contributed by atoms with E-state index in [1.807, 2.05) is 12.1 Å². The van der Waals surface area contributed by atoms with Crippen molar-refractivity contribution in [3.63, 3.8) is 0 Å². The van der Waals surface area contributed by atoms with E-state index in [4.69, 9.17) is 0 Å². The molecule has 0 spiro atoms. The molecular formula is C16H23NO2. The standard InChI is InChI=1S/C16H23NO2/c1-2-3-4-5-11-15(19)17-12-7-9-13-8-6-10-14(18)16(13)17/h6,8,10,18H,2-5,7,9,11-12H2,1H3. The topological polar surface area (TPSA) is 40.5 Å². The van der Waals surface area contributed by atoms with Gasteiger partial charge in [0.05, 0.1) is 5.69 Å². The number of aromatic hydroxyl groups is 1. The molecule has 1 aliphatic heterocycles. The largest absolute Gasteiger partial charge is 0.506 e. The Kier molecular flexibility index (Phi) is 4.83. The van der Waals surface area contributed by atoms with Gasteiger partial charge < -0.3 is 10.0 Å². The number of fused-ring (bicyclic) bond motifs is 1. The van der Waals surface area contributed by atoms with E-state index < -0.39 is 0 Å². The first kappa shape index (κ1) is 13.9. The van der Waals surface area contributed by atoms with E-state index in [9.17, 15) is 9.90 Å². The first-order valence-corrected chi connectivity index (χ1v) is 7.35. The Hall–Kier alpha value is -1.51. The highest BCUT2D eigenvalue weighted by atomic mass is 16.3. The van der Waals surface area contributed by atoms with E-state index >= 15 is 0 Å². The molecule has 0 fully saturated rings. The monoisotopic (exact) mass is 261 g/mol. The average molecular weight is 261 g/mol. The van der Waals surface area contributed by atoms with E-state index in [2.05, 4.69) is 6.92 Å². The first-order chi connectivity index (χ1) is 9.24. The van der Waals surface area contributed by atoms with E-state index in [0.29, 0.717) is 6.42 Å². The number of amides is 1. The number of aryl methyl sites for hydroxylation is 1. The van der Waals surface area contributed by atoms with Crippen LogP contribution in [0.5, 0.6) is 5.75 Å². The number of hydrogen-bond donors (Lipinski definition) is 1. The van der Waals surface area contributed by atoms with Gasteiger partial charge in [-0.05, 0) is 30.9 Å². The lowest BCUT2D eigenvalue weighted by molar-refractivity contribution is -0.118. The number of phenols is 1. The Morgan fingerprint density at radius 1 is 1.32 bits per heavy atom. The van der Waals surface area contributed by atoms with Crippen LogP contribution in [0.15, 0.2) is 18.2 Å². The Labute approximate surface area is 115 Å². The SMILES string of the molecule is CCCCCCC(=O)N1CCCc2cccc(O)c21. The van der Waals surface area contributed by atoms with E-state index in [0.717, 1.165) is 43.5 Å². The zero-order valence-corrected chi connectivity index (χ0v) is 11.7. The van der Waals surface area contributed by atoms with Gasteiger partial charge in [0.1, 0.15) is 5.75 Å². The molecule has 3 heteroatoms. The number of phenolic OH excluding ortho intramolecular Hbond substituents is 1. The number of carbonyl (C=O) groups is 1. The van der Waals surface area contributed by atoms with Gasteiger partial charge in [0, 0.05) is 13.0 Å². The van der Waals surface area contributed by atoms with Gasteiger partial charge in [-0.15, -0.1) is 0 Å². The summed E-state index contributed by atoms with van der Waals surface area (Å²) < 4.78 is 0. The minimum atomic E-state index is 0.151. The predicted octanol–water partition coefficient (Wildman–Crippen LogP) is 3.64. The molecule has 1 heterocycles. The van der Waals surface area contributed by atoms with E-state index in [-0.39, 0.29) is 11.7 Å². The molecule has 2 rings (SSSR count). The van der Waals surface area contributed by atoms with Gasteiger partial charge in [-0.1, -0.05) is 38.3 Å². The van der Waals surface area contributed by atoms with Crippen molar-refractivity contribution in [2.75, 3.05) is 11.4 Å². The van der Waals surface area contributed by atoms with Gasteiger partial charge in [-0.25, -0.2) is 0 Å². The third-order valence-corrected chi connectivity index (χ3v) is 3.74. The summed E-state index contributed by atoms with van der Waals surface area (Å²) in [6, 6.07) is 5.52. The molecule has 3 nitrogen and oxygen atoms in total. The number of rotatable bonds is 5. The fraction of sp³-hybridized carbons (Fsp3) is 0.562. The molecule has 0 bridgehead atoms. The summed E-state index contributed by atoms with van der Waals surface area (Å²) in [7, 11) is 0. The van der Waals surface area contributed by atoms with Crippen LogP contribution in [-0.4, -0.2) is 17.6 Å². The van der Waals surface area contributed by atoms with Crippen LogP contribution < -0.4 is 4.90 Å². The zero-order chi connectivity index (χ0) is 13.7. The number of benzene rings is 1. The Balaban J connectivity index is 2.04. The van der Waals surface area contributed by atoms with Crippen LogP contribution in [0.25, 0.3) is 0 Å². The Morgan fingerprint density at radius 3 is 2.95 bits per heavy atom. The molecule has 1 aromatic rings. The molecule has 1 N–H and O–H groups in total. The molecule has 0 radical (unpaired) electrons. The maximum atomic E-state index is 12.3. The first-order valence-electron chi connectivity index (χ1n) is 7.35. The molecular weight excluding hydrogens is 238 g/mol. The summed E-state index contributed by atoms with van der Waals surface area (Å²) in [5.41, 5.74) is 1.84. The summed E-state index contributed by atoms with van der Waals surface area (Å²) in [6.07, 6.45) is 6.96. The minimum absolute atomic E-state index is 0.151. The molecule has 0 atom stereocenters. The molecule has 19 heavy (non-hydrogen) atoms. The second-order valence-electron chi connectivity index (χ2n) is 5.24. The predicted molar refractivity (Wildman–Crippen MR) is 77.5 cm³/mol. The summed E-state index contributed by atoms with van der Waals surface area (Å²) in [6.45, 7) is 2.90. The average Bonchev–Trinajstić information content (AvgIpc) is 2.43. The van der Waals surface area contributed by atoms with Crippen LogP contribution in [0.3, 0.4) is 0 Å². The summed E-state index contributed by atoms with van der Waals surface area (Å²) in [4.78, 5) is 14.1. The van der Waals surface area contributed by atoms with Crippen molar-refractivity contribution >= 4 is 11.6 Å². The molecule has 1 aromatic carbocycles. The number of unbranched alkanes of at least 4 members (excludes halogenated alkanes) is 3. The van der Waals surface area contributed by atoms with Crippen molar-refractivity contribution in [1.82, 2.24) is 0 Å². The quantitative estimate of drug-likeness (QED) is 0.822. The highest BCUT2D eigenvalue weighted by Crippen LogP contribution is 2.35.